The quantitative estimate of drug-likeness (QED) is 0.922. The van der Waals surface area contributed by atoms with Gasteiger partial charge in [0, 0.05) is 28.2 Å². The molecule has 0 bridgehead atoms. The molecular formula is C12H21N3OS2. The molecule has 6 heteroatoms. The third kappa shape index (κ3) is 3.65. The number of thioether (sulfide) groups is 2. The monoisotopic (exact) mass is 287 g/mol. The van der Waals surface area contributed by atoms with Crippen LogP contribution in [0.15, 0.2) is 4.52 Å². The third-order valence-corrected chi connectivity index (χ3v) is 6.32. The molecule has 1 saturated heterocycles. The van der Waals surface area contributed by atoms with Crippen LogP contribution in [0.1, 0.15) is 44.7 Å². The highest BCUT2D eigenvalue weighted by molar-refractivity contribution is 8.07. The first-order valence-corrected chi connectivity index (χ1v) is 8.23. The molecule has 18 heavy (non-hydrogen) atoms. The third-order valence-electron chi connectivity index (χ3n) is 2.93. The molecule has 0 saturated carbocycles. The van der Waals surface area contributed by atoms with Crippen LogP contribution in [0.4, 0.5) is 0 Å². The Morgan fingerprint density at radius 2 is 2.11 bits per heavy atom. The molecule has 0 amide bonds. The lowest BCUT2D eigenvalue weighted by atomic mass is 10.0. The molecular weight excluding hydrogens is 266 g/mol. The topological polar surface area (TPSA) is 64.9 Å². The molecule has 3 atom stereocenters. The zero-order valence-corrected chi connectivity index (χ0v) is 13.0. The molecule has 2 rings (SSSR count). The van der Waals surface area contributed by atoms with E-state index in [0.29, 0.717) is 28.1 Å². The fraction of sp³-hybridized carbons (Fsp3) is 0.833. The Morgan fingerprint density at radius 3 is 2.72 bits per heavy atom. The van der Waals surface area contributed by atoms with E-state index in [0.717, 1.165) is 11.6 Å². The van der Waals surface area contributed by atoms with Gasteiger partial charge >= 0.3 is 0 Å². The summed E-state index contributed by atoms with van der Waals surface area (Å²) < 4.78 is 5.29. The Bertz CT molecular complexity index is 402. The SMILES string of the molecule is CC1SCC(c2noc(CC(C)(C)N)n2)SC1C. The van der Waals surface area contributed by atoms with E-state index in [2.05, 4.69) is 24.0 Å². The van der Waals surface area contributed by atoms with Crippen molar-refractivity contribution < 1.29 is 4.52 Å². The van der Waals surface area contributed by atoms with Crippen LogP contribution in [0.25, 0.3) is 0 Å². The highest BCUT2D eigenvalue weighted by Gasteiger charge is 2.30. The first-order valence-electron chi connectivity index (χ1n) is 6.23. The fourth-order valence-corrected chi connectivity index (χ4v) is 4.61. The summed E-state index contributed by atoms with van der Waals surface area (Å²) in [5.41, 5.74) is 5.65. The van der Waals surface area contributed by atoms with Gasteiger partial charge < -0.3 is 10.3 Å². The summed E-state index contributed by atoms with van der Waals surface area (Å²) in [6.07, 6.45) is 0.622. The summed E-state index contributed by atoms with van der Waals surface area (Å²) >= 11 is 3.93. The van der Waals surface area contributed by atoms with E-state index in [1.165, 1.54) is 0 Å². The van der Waals surface area contributed by atoms with Crippen LogP contribution < -0.4 is 5.73 Å². The van der Waals surface area contributed by atoms with Crippen molar-refractivity contribution in [2.24, 2.45) is 5.73 Å². The van der Waals surface area contributed by atoms with Crippen LogP contribution in [0.2, 0.25) is 0 Å². The Labute approximate surface area is 117 Å². The Hall–Kier alpha value is -0.200. The minimum absolute atomic E-state index is 0.305. The first kappa shape index (κ1) is 14.2. The van der Waals surface area contributed by atoms with Gasteiger partial charge in [-0.15, -0.1) is 11.8 Å². The van der Waals surface area contributed by atoms with Crippen molar-refractivity contribution in [2.45, 2.75) is 55.4 Å². The van der Waals surface area contributed by atoms with E-state index >= 15 is 0 Å². The number of rotatable bonds is 3. The summed E-state index contributed by atoms with van der Waals surface area (Å²) in [5, 5.41) is 5.78. The van der Waals surface area contributed by atoms with Gasteiger partial charge in [0.05, 0.1) is 5.25 Å². The predicted octanol–water partition coefficient (Wildman–Crippen LogP) is 2.65. The van der Waals surface area contributed by atoms with Crippen LogP contribution in [0.5, 0.6) is 0 Å². The minimum atomic E-state index is -0.305. The molecule has 0 spiro atoms. The summed E-state index contributed by atoms with van der Waals surface area (Å²) in [5.74, 6) is 2.53. The van der Waals surface area contributed by atoms with Crippen LogP contribution in [0, 0.1) is 0 Å². The second kappa shape index (κ2) is 5.43. The van der Waals surface area contributed by atoms with Gasteiger partial charge in [0.1, 0.15) is 0 Å². The zero-order valence-electron chi connectivity index (χ0n) is 11.3. The average Bonchev–Trinajstić information content (AvgIpc) is 2.68. The normalized spacial score (nSPS) is 29.5. The lowest BCUT2D eigenvalue weighted by molar-refractivity contribution is 0.345. The van der Waals surface area contributed by atoms with E-state index in [4.69, 9.17) is 10.3 Å². The Morgan fingerprint density at radius 1 is 1.39 bits per heavy atom. The van der Waals surface area contributed by atoms with Crippen molar-refractivity contribution in [1.29, 1.82) is 0 Å². The van der Waals surface area contributed by atoms with Crippen molar-refractivity contribution >= 4 is 23.5 Å². The largest absolute Gasteiger partial charge is 0.339 e. The van der Waals surface area contributed by atoms with E-state index in [1.807, 2.05) is 37.4 Å². The highest BCUT2D eigenvalue weighted by atomic mass is 32.2. The van der Waals surface area contributed by atoms with Crippen molar-refractivity contribution in [3.8, 4) is 0 Å². The van der Waals surface area contributed by atoms with Gasteiger partial charge in [-0.25, -0.2) is 0 Å². The van der Waals surface area contributed by atoms with Crippen LogP contribution in [-0.4, -0.2) is 31.9 Å². The second-order valence-corrected chi connectivity index (χ2v) is 8.57. The zero-order chi connectivity index (χ0) is 13.3. The van der Waals surface area contributed by atoms with E-state index in [-0.39, 0.29) is 5.54 Å². The maximum Gasteiger partial charge on any atom is 0.228 e. The lowest BCUT2D eigenvalue weighted by Gasteiger charge is -2.29. The molecule has 2 N–H and O–H groups in total. The van der Waals surface area contributed by atoms with Gasteiger partial charge in [-0.05, 0) is 13.8 Å². The molecule has 1 fully saturated rings. The summed E-state index contributed by atoms with van der Waals surface area (Å²) in [6, 6.07) is 0. The minimum Gasteiger partial charge on any atom is -0.339 e. The van der Waals surface area contributed by atoms with Crippen LogP contribution >= 0.6 is 23.5 Å². The number of hydrogen-bond donors (Lipinski definition) is 1. The fourth-order valence-electron chi connectivity index (χ4n) is 1.78. The second-order valence-electron chi connectivity index (χ2n) is 5.58. The van der Waals surface area contributed by atoms with Crippen LogP contribution in [-0.2, 0) is 6.42 Å². The molecule has 0 radical (unpaired) electrons. The van der Waals surface area contributed by atoms with Crippen LogP contribution in [0.3, 0.4) is 0 Å². The van der Waals surface area contributed by atoms with Gasteiger partial charge in [-0.1, -0.05) is 19.0 Å². The molecule has 0 aromatic carbocycles. The summed E-state index contributed by atoms with van der Waals surface area (Å²) in [4.78, 5) is 4.49. The number of aromatic nitrogens is 2. The molecule has 1 aliphatic heterocycles. The van der Waals surface area contributed by atoms with Gasteiger partial charge in [-0.2, -0.15) is 16.7 Å². The Balaban J connectivity index is 2.02. The van der Waals surface area contributed by atoms with Gasteiger partial charge in [0.2, 0.25) is 5.89 Å². The molecule has 1 aromatic heterocycles. The lowest BCUT2D eigenvalue weighted by Crippen LogP contribution is -2.34. The smallest absolute Gasteiger partial charge is 0.228 e. The number of nitrogens with zero attached hydrogens (tertiary/aromatic N) is 2. The van der Waals surface area contributed by atoms with E-state index in [9.17, 15) is 0 Å². The first-order chi connectivity index (χ1) is 8.35. The van der Waals surface area contributed by atoms with Crippen molar-refractivity contribution in [2.75, 3.05) is 5.75 Å². The number of nitrogens with two attached hydrogens (primary N) is 1. The van der Waals surface area contributed by atoms with Gasteiger partial charge in [0.25, 0.3) is 0 Å². The van der Waals surface area contributed by atoms with Crippen molar-refractivity contribution in [3.05, 3.63) is 11.7 Å². The molecule has 102 valence electrons. The molecule has 0 aliphatic carbocycles. The average molecular weight is 287 g/mol. The predicted molar refractivity (Wildman–Crippen MR) is 78.0 cm³/mol. The Kier molecular flexibility index (Phi) is 4.29. The van der Waals surface area contributed by atoms with E-state index < -0.39 is 0 Å². The molecule has 1 aromatic rings. The molecule has 1 aliphatic rings. The van der Waals surface area contributed by atoms with Crippen molar-refractivity contribution in [1.82, 2.24) is 10.1 Å². The maximum absolute atomic E-state index is 5.96. The maximum atomic E-state index is 5.96. The summed E-state index contributed by atoms with van der Waals surface area (Å²) in [6.45, 7) is 8.47. The summed E-state index contributed by atoms with van der Waals surface area (Å²) in [7, 11) is 0. The molecule has 3 unspecified atom stereocenters. The highest BCUT2D eigenvalue weighted by Crippen LogP contribution is 2.43. The standard InChI is InChI=1S/C12H21N3OS2/c1-7-8(2)18-9(6-17-7)11-14-10(16-15-11)5-12(3,4)13/h7-9H,5-6,13H2,1-4H3. The van der Waals surface area contributed by atoms with Crippen molar-refractivity contribution in [3.63, 3.8) is 0 Å². The van der Waals surface area contributed by atoms with Gasteiger partial charge in [0.15, 0.2) is 5.82 Å². The van der Waals surface area contributed by atoms with Gasteiger partial charge in [-0.3, -0.25) is 0 Å². The molecule has 2 heterocycles. The molecule has 4 nitrogen and oxygen atoms in total. The van der Waals surface area contributed by atoms with E-state index in [1.54, 1.807) is 0 Å². The number of hydrogen-bond acceptors (Lipinski definition) is 6.